The molecule has 0 spiro atoms. The first-order chi connectivity index (χ1) is 4.72. The van der Waals surface area contributed by atoms with E-state index < -0.39 is 0 Å². The number of nitrogens with zero attached hydrogens (tertiary/aromatic N) is 1. The zero-order valence-corrected chi connectivity index (χ0v) is 6.89. The predicted molar refractivity (Wildman–Crippen MR) is 39.9 cm³/mol. The highest BCUT2D eigenvalue weighted by atomic mass is 16.6. The maximum Gasteiger partial charge on any atom is 0.409 e. The SMILES string of the molecule is CCCOC(=O)N(C)CC. The van der Waals surface area contributed by atoms with Crippen LogP contribution in [0.3, 0.4) is 0 Å². The Morgan fingerprint density at radius 2 is 2.10 bits per heavy atom. The Morgan fingerprint density at radius 3 is 2.50 bits per heavy atom. The van der Waals surface area contributed by atoms with Crippen LogP contribution in [0, 0.1) is 0 Å². The molecule has 0 bridgehead atoms. The van der Waals surface area contributed by atoms with Crippen LogP contribution in [0.25, 0.3) is 0 Å². The van der Waals surface area contributed by atoms with Crippen molar-refractivity contribution < 1.29 is 9.53 Å². The topological polar surface area (TPSA) is 29.5 Å². The van der Waals surface area contributed by atoms with Gasteiger partial charge in [-0.3, -0.25) is 0 Å². The molecule has 0 aromatic heterocycles. The van der Waals surface area contributed by atoms with E-state index in [0.717, 1.165) is 6.42 Å². The average molecular weight is 145 g/mol. The molecular formula is C7H15NO2. The van der Waals surface area contributed by atoms with Crippen molar-refractivity contribution in [2.75, 3.05) is 20.2 Å². The molecule has 1 amide bonds. The van der Waals surface area contributed by atoms with Crippen LogP contribution >= 0.6 is 0 Å². The first-order valence-electron chi connectivity index (χ1n) is 3.60. The van der Waals surface area contributed by atoms with Gasteiger partial charge in [0.15, 0.2) is 0 Å². The van der Waals surface area contributed by atoms with Gasteiger partial charge in [0.05, 0.1) is 6.61 Å². The van der Waals surface area contributed by atoms with Crippen LogP contribution in [0.15, 0.2) is 0 Å². The van der Waals surface area contributed by atoms with Crippen molar-refractivity contribution in [2.24, 2.45) is 0 Å². The first-order valence-corrected chi connectivity index (χ1v) is 3.60. The summed E-state index contributed by atoms with van der Waals surface area (Å²) in [7, 11) is 1.72. The van der Waals surface area contributed by atoms with Crippen molar-refractivity contribution in [3.8, 4) is 0 Å². The van der Waals surface area contributed by atoms with Gasteiger partial charge in [0, 0.05) is 13.6 Å². The Bertz CT molecular complexity index is 104. The van der Waals surface area contributed by atoms with Crippen molar-refractivity contribution in [1.29, 1.82) is 0 Å². The summed E-state index contributed by atoms with van der Waals surface area (Å²) in [4.78, 5) is 12.4. The summed E-state index contributed by atoms with van der Waals surface area (Å²) in [5, 5.41) is 0. The van der Waals surface area contributed by atoms with Crippen molar-refractivity contribution in [3.05, 3.63) is 0 Å². The zero-order valence-electron chi connectivity index (χ0n) is 6.89. The van der Waals surface area contributed by atoms with Crippen molar-refractivity contribution in [3.63, 3.8) is 0 Å². The molecule has 0 N–H and O–H groups in total. The number of hydrogen-bond acceptors (Lipinski definition) is 2. The predicted octanol–water partition coefficient (Wildman–Crippen LogP) is 1.48. The number of rotatable bonds is 3. The van der Waals surface area contributed by atoms with Gasteiger partial charge in [0.25, 0.3) is 0 Å². The Balaban J connectivity index is 3.42. The largest absolute Gasteiger partial charge is 0.449 e. The molecule has 3 nitrogen and oxygen atoms in total. The maximum atomic E-state index is 10.8. The second-order valence-corrected chi connectivity index (χ2v) is 2.13. The third-order valence-electron chi connectivity index (χ3n) is 1.22. The summed E-state index contributed by atoms with van der Waals surface area (Å²) in [5.74, 6) is 0. The summed E-state index contributed by atoms with van der Waals surface area (Å²) in [6.07, 6.45) is 0.646. The lowest BCUT2D eigenvalue weighted by Gasteiger charge is -2.13. The van der Waals surface area contributed by atoms with E-state index >= 15 is 0 Å². The lowest BCUT2D eigenvalue weighted by molar-refractivity contribution is 0.113. The van der Waals surface area contributed by atoms with E-state index in [9.17, 15) is 4.79 Å². The van der Waals surface area contributed by atoms with Gasteiger partial charge >= 0.3 is 6.09 Å². The third-order valence-corrected chi connectivity index (χ3v) is 1.22. The van der Waals surface area contributed by atoms with Crippen LogP contribution in [-0.2, 0) is 4.74 Å². The Kier molecular flexibility index (Phi) is 4.72. The fraction of sp³-hybridized carbons (Fsp3) is 0.857. The molecule has 0 aromatic rings. The molecule has 0 aliphatic rings. The highest BCUT2D eigenvalue weighted by Crippen LogP contribution is 1.89. The van der Waals surface area contributed by atoms with E-state index in [4.69, 9.17) is 4.74 Å². The number of hydrogen-bond donors (Lipinski definition) is 0. The smallest absolute Gasteiger partial charge is 0.409 e. The van der Waals surface area contributed by atoms with Gasteiger partial charge in [-0.2, -0.15) is 0 Å². The lowest BCUT2D eigenvalue weighted by Crippen LogP contribution is -2.27. The molecule has 0 saturated carbocycles. The van der Waals surface area contributed by atoms with E-state index in [0.29, 0.717) is 13.2 Å². The Morgan fingerprint density at radius 1 is 1.50 bits per heavy atom. The van der Waals surface area contributed by atoms with Crippen LogP contribution in [0.5, 0.6) is 0 Å². The molecular weight excluding hydrogens is 130 g/mol. The molecule has 0 fully saturated rings. The minimum atomic E-state index is -0.232. The minimum Gasteiger partial charge on any atom is -0.449 e. The summed E-state index contributed by atoms with van der Waals surface area (Å²) in [5.41, 5.74) is 0. The molecule has 0 radical (unpaired) electrons. The summed E-state index contributed by atoms with van der Waals surface area (Å²) >= 11 is 0. The quantitative estimate of drug-likeness (QED) is 0.602. The summed E-state index contributed by atoms with van der Waals surface area (Å²) in [6.45, 7) is 5.10. The van der Waals surface area contributed by atoms with Gasteiger partial charge in [0.2, 0.25) is 0 Å². The Hall–Kier alpha value is -0.730. The molecule has 60 valence electrons. The molecule has 10 heavy (non-hydrogen) atoms. The summed E-state index contributed by atoms with van der Waals surface area (Å²) in [6, 6.07) is 0. The highest BCUT2D eigenvalue weighted by molar-refractivity contribution is 5.66. The van der Waals surface area contributed by atoms with Crippen LogP contribution < -0.4 is 0 Å². The van der Waals surface area contributed by atoms with Crippen molar-refractivity contribution in [1.82, 2.24) is 4.90 Å². The third kappa shape index (κ3) is 3.33. The average Bonchev–Trinajstić information content (AvgIpc) is 1.98. The van der Waals surface area contributed by atoms with E-state index in [1.807, 2.05) is 13.8 Å². The molecule has 0 rings (SSSR count). The van der Waals surface area contributed by atoms with E-state index in [-0.39, 0.29) is 6.09 Å². The molecule has 0 saturated heterocycles. The van der Waals surface area contributed by atoms with Crippen LogP contribution in [-0.4, -0.2) is 31.2 Å². The van der Waals surface area contributed by atoms with Gasteiger partial charge < -0.3 is 9.64 Å². The molecule has 0 aliphatic carbocycles. The second-order valence-electron chi connectivity index (χ2n) is 2.13. The highest BCUT2D eigenvalue weighted by Gasteiger charge is 2.04. The normalized spacial score (nSPS) is 9.10. The fourth-order valence-electron chi connectivity index (χ4n) is 0.429. The number of ether oxygens (including phenoxy) is 1. The molecule has 0 aromatic carbocycles. The van der Waals surface area contributed by atoms with E-state index in [1.165, 1.54) is 4.90 Å². The van der Waals surface area contributed by atoms with Crippen molar-refractivity contribution in [2.45, 2.75) is 20.3 Å². The summed E-state index contributed by atoms with van der Waals surface area (Å²) < 4.78 is 4.83. The van der Waals surface area contributed by atoms with E-state index in [1.54, 1.807) is 7.05 Å². The first kappa shape index (κ1) is 9.27. The van der Waals surface area contributed by atoms with Gasteiger partial charge in [-0.25, -0.2) is 4.79 Å². The molecule has 3 heteroatoms. The van der Waals surface area contributed by atoms with Crippen LogP contribution in [0.4, 0.5) is 4.79 Å². The number of carbonyl (C=O) groups excluding carboxylic acids is 1. The maximum absolute atomic E-state index is 10.8. The minimum absolute atomic E-state index is 0.232. The number of carbonyl (C=O) groups is 1. The molecule has 0 aliphatic heterocycles. The zero-order chi connectivity index (χ0) is 7.98. The molecule has 0 unspecified atom stereocenters. The monoisotopic (exact) mass is 145 g/mol. The van der Waals surface area contributed by atoms with Gasteiger partial charge in [0.1, 0.15) is 0 Å². The van der Waals surface area contributed by atoms with Crippen LogP contribution in [0.1, 0.15) is 20.3 Å². The Labute approximate surface area is 62.0 Å². The van der Waals surface area contributed by atoms with Gasteiger partial charge in [-0.05, 0) is 13.3 Å². The second kappa shape index (κ2) is 5.09. The standard InChI is InChI=1S/C7H15NO2/c1-4-6-10-7(9)8(3)5-2/h4-6H2,1-3H3. The lowest BCUT2D eigenvalue weighted by atomic mass is 10.5. The number of amides is 1. The molecule has 0 atom stereocenters. The van der Waals surface area contributed by atoms with Crippen LogP contribution in [0.2, 0.25) is 0 Å². The fourth-order valence-corrected chi connectivity index (χ4v) is 0.429. The van der Waals surface area contributed by atoms with Gasteiger partial charge in [-0.15, -0.1) is 0 Å². The molecule has 0 heterocycles. The van der Waals surface area contributed by atoms with Gasteiger partial charge in [-0.1, -0.05) is 6.92 Å². The van der Waals surface area contributed by atoms with Crippen molar-refractivity contribution >= 4 is 6.09 Å². The van der Waals surface area contributed by atoms with E-state index in [2.05, 4.69) is 0 Å².